The van der Waals surface area contributed by atoms with Crippen LogP contribution in [0, 0.1) is 11.3 Å². The lowest BCUT2D eigenvalue weighted by Gasteiger charge is -2.36. The lowest BCUT2D eigenvalue weighted by atomic mass is 10.2. The second kappa shape index (κ2) is 4.86. The zero-order valence-corrected chi connectivity index (χ0v) is 10.5. The minimum Gasteiger partial charge on any atom is -0.372 e. The summed E-state index contributed by atoms with van der Waals surface area (Å²) < 4.78 is 5.64. The first-order chi connectivity index (χ1) is 8.10. The SMILES string of the molecule is CC1CN(c2nc(Cl)ncc2C#N)CC(C)O1. The van der Waals surface area contributed by atoms with Gasteiger partial charge in [0.05, 0.1) is 18.4 Å². The third-order valence-electron chi connectivity index (χ3n) is 2.58. The second-order valence-corrected chi connectivity index (χ2v) is 4.49. The molecule has 1 aromatic rings. The Kier molecular flexibility index (Phi) is 3.46. The van der Waals surface area contributed by atoms with Crippen LogP contribution in [0.3, 0.4) is 0 Å². The highest BCUT2D eigenvalue weighted by Gasteiger charge is 2.25. The highest BCUT2D eigenvalue weighted by molar-refractivity contribution is 6.28. The van der Waals surface area contributed by atoms with Crippen molar-refractivity contribution in [2.24, 2.45) is 0 Å². The average Bonchev–Trinajstić information content (AvgIpc) is 2.27. The fourth-order valence-corrected chi connectivity index (χ4v) is 2.15. The predicted molar refractivity (Wildman–Crippen MR) is 64.0 cm³/mol. The number of hydrogen-bond donors (Lipinski definition) is 0. The van der Waals surface area contributed by atoms with Crippen LogP contribution in [0.1, 0.15) is 19.4 Å². The number of nitrogens with zero attached hydrogens (tertiary/aromatic N) is 4. The first-order valence-electron chi connectivity index (χ1n) is 5.43. The van der Waals surface area contributed by atoms with E-state index in [0.717, 1.165) is 0 Å². The number of rotatable bonds is 1. The maximum Gasteiger partial charge on any atom is 0.224 e. The summed E-state index contributed by atoms with van der Waals surface area (Å²) in [4.78, 5) is 9.97. The Hall–Kier alpha value is -1.38. The smallest absolute Gasteiger partial charge is 0.224 e. The molecule has 1 saturated heterocycles. The van der Waals surface area contributed by atoms with Gasteiger partial charge in [-0.1, -0.05) is 0 Å². The first kappa shape index (κ1) is 12.1. The van der Waals surface area contributed by atoms with Gasteiger partial charge in [-0.3, -0.25) is 0 Å². The largest absolute Gasteiger partial charge is 0.372 e. The van der Waals surface area contributed by atoms with Crippen molar-refractivity contribution >= 4 is 17.4 Å². The maximum absolute atomic E-state index is 9.04. The minimum absolute atomic E-state index is 0.110. The molecule has 2 unspecified atom stereocenters. The van der Waals surface area contributed by atoms with Gasteiger partial charge in [-0.25, -0.2) is 4.98 Å². The molecule has 2 heterocycles. The molecule has 2 rings (SSSR count). The maximum atomic E-state index is 9.04. The molecule has 0 aromatic carbocycles. The van der Waals surface area contributed by atoms with E-state index in [2.05, 4.69) is 16.0 Å². The van der Waals surface area contributed by atoms with Gasteiger partial charge in [-0.2, -0.15) is 10.2 Å². The summed E-state index contributed by atoms with van der Waals surface area (Å²) in [6, 6.07) is 2.08. The summed E-state index contributed by atoms with van der Waals surface area (Å²) in [5.74, 6) is 0.592. The Morgan fingerprint density at radius 1 is 1.47 bits per heavy atom. The van der Waals surface area contributed by atoms with Crippen molar-refractivity contribution in [1.29, 1.82) is 5.26 Å². The number of hydrogen-bond acceptors (Lipinski definition) is 5. The zero-order chi connectivity index (χ0) is 12.4. The van der Waals surface area contributed by atoms with E-state index in [0.29, 0.717) is 24.5 Å². The molecule has 0 N–H and O–H groups in total. The number of morpholine rings is 1. The Morgan fingerprint density at radius 3 is 2.71 bits per heavy atom. The highest BCUT2D eigenvalue weighted by atomic mass is 35.5. The van der Waals surface area contributed by atoms with E-state index < -0.39 is 0 Å². The number of halogens is 1. The quantitative estimate of drug-likeness (QED) is 0.711. The van der Waals surface area contributed by atoms with Gasteiger partial charge in [0.2, 0.25) is 5.28 Å². The van der Waals surface area contributed by atoms with E-state index in [4.69, 9.17) is 21.6 Å². The summed E-state index contributed by atoms with van der Waals surface area (Å²) in [5.41, 5.74) is 0.440. The normalized spacial score (nSPS) is 24.5. The van der Waals surface area contributed by atoms with Gasteiger partial charge < -0.3 is 9.64 Å². The molecular weight excluding hydrogens is 240 g/mol. The third-order valence-corrected chi connectivity index (χ3v) is 2.76. The number of aromatic nitrogens is 2. The van der Waals surface area contributed by atoms with Crippen molar-refractivity contribution < 1.29 is 4.74 Å². The lowest BCUT2D eigenvalue weighted by Crippen LogP contribution is -2.46. The van der Waals surface area contributed by atoms with E-state index in [-0.39, 0.29) is 17.5 Å². The molecule has 0 aliphatic carbocycles. The van der Waals surface area contributed by atoms with Gasteiger partial charge in [0.1, 0.15) is 11.6 Å². The molecule has 0 saturated carbocycles. The molecule has 1 aliphatic rings. The fourth-order valence-electron chi connectivity index (χ4n) is 2.02. The van der Waals surface area contributed by atoms with Crippen molar-refractivity contribution in [2.45, 2.75) is 26.1 Å². The number of ether oxygens (including phenoxy) is 1. The number of anilines is 1. The molecule has 2 atom stereocenters. The lowest BCUT2D eigenvalue weighted by molar-refractivity contribution is -0.00548. The minimum atomic E-state index is 0.110. The summed E-state index contributed by atoms with van der Waals surface area (Å²) in [7, 11) is 0. The molecule has 6 heteroatoms. The van der Waals surface area contributed by atoms with Crippen LogP contribution >= 0.6 is 11.6 Å². The van der Waals surface area contributed by atoms with Crippen LogP contribution in [-0.2, 0) is 4.74 Å². The van der Waals surface area contributed by atoms with Gasteiger partial charge in [-0.15, -0.1) is 0 Å². The van der Waals surface area contributed by atoms with Crippen LogP contribution < -0.4 is 4.90 Å². The van der Waals surface area contributed by atoms with E-state index in [1.807, 2.05) is 18.7 Å². The van der Waals surface area contributed by atoms with E-state index in [9.17, 15) is 0 Å². The highest BCUT2D eigenvalue weighted by Crippen LogP contribution is 2.22. The molecule has 0 amide bonds. The third kappa shape index (κ3) is 2.65. The van der Waals surface area contributed by atoms with E-state index >= 15 is 0 Å². The molecule has 1 aliphatic heterocycles. The van der Waals surface area contributed by atoms with Gasteiger partial charge in [0.25, 0.3) is 0 Å². The van der Waals surface area contributed by atoms with Crippen molar-refractivity contribution in [2.75, 3.05) is 18.0 Å². The van der Waals surface area contributed by atoms with Gasteiger partial charge >= 0.3 is 0 Å². The van der Waals surface area contributed by atoms with Crippen molar-refractivity contribution in [3.8, 4) is 6.07 Å². The van der Waals surface area contributed by atoms with Gasteiger partial charge in [0, 0.05) is 13.1 Å². The molecule has 17 heavy (non-hydrogen) atoms. The topological polar surface area (TPSA) is 62.0 Å². The summed E-state index contributed by atoms with van der Waals surface area (Å²) in [6.45, 7) is 5.40. The van der Waals surface area contributed by atoms with Crippen LogP contribution in [0.2, 0.25) is 5.28 Å². The summed E-state index contributed by atoms with van der Waals surface area (Å²) in [5, 5.41) is 9.20. The van der Waals surface area contributed by atoms with Gasteiger partial charge in [0.15, 0.2) is 5.82 Å². The van der Waals surface area contributed by atoms with Crippen molar-refractivity contribution in [1.82, 2.24) is 9.97 Å². The Morgan fingerprint density at radius 2 is 2.12 bits per heavy atom. The number of nitriles is 1. The fraction of sp³-hybridized carbons (Fsp3) is 0.545. The van der Waals surface area contributed by atoms with E-state index in [1.54, 1.807) is 0 Å². The van der Waals surface area contributed by atoms with Gasteiger partial charge in [-0.05, 0) is 25.4 Å². The average molecular weight is 253 g/mol. The molecule has 0 radical (unpaired) electrons. The monoisotopic (exact) mass is 252 g/mol. The Labute approximate surface area is 105 Å². The molecule has 1 fully saturated rings. The molecule has 0 bridgehead atoms. The van der Waals surface area contributed by atoms with Crippen molar-refractivity contribution in [3.63, 3.8) is 0 Å². The van der Waals surface area contributed by atoms with Crippen LogP contribution in [0.25, 0.3) is 0 Å². The molecule has 5 nitrogen and oxygen atoms in total. The van der Waals surface area contributed by atoms with Crippen LogP contribution in [-0.4, -0.2) is 35.3 Å². The standard InChI is InChI=1S/C11H13ClN4O/c1-7-5-16(6-8(2)17-7)10-9(3-13)4-14-11(12)15-10/h4,7-8H,5-6H2,1-2H3. The van der Waals surface area contributed by atoms with Crippen LogP contribution in [0.5, 0.6) is 0 Å². The van der Waals surface area contributed by atoms with Crippen LogP contribution in [0.4, 0.5) is 5.82 Å². The zero-order valence-electron chi connectivity index (χ0n) is 9.72. The first-order valence-corrected chi connectivity index (χ1v) is 5.81. The molecule has 0 spiro atoms. The predicted octanol–water partition coefficient (Wildman–Crippen LogP) is 1.62. The second-order valence-electron chi connectivity index (χ2n) is 4.15. The van der Waals surface area contributed by atoms with Crippen LogP contribution in [0.15, 0.2) is 6.20 Å². The summed E-state index contributed by atoms with van der Waals surface area (Å²) >= 11 is 5.78. The summed E-state index contributed by atoms with van der Waals surface area (Å²) in [6.07, 6.45) is 1.67. The molecule has 1 aromatic heterocycles. The molecule has 90 valence electrons. The van der Waals surface area contributed by atoms with E-state index in [1.165, 1.54) is 6.20 Å². The molecular formula is C11H13ClN4O. The van der Waals surface area contributed by atoms with Crippen molar-refractivity contribution in [3.05, 3.63) is 17.0 Å². The Bertz CT molecular complexity index is 449. The Balaban J connectivity index is 2.33.